The van der Waals surface area contributed by atoms with E-state index in [1.807, 2.05) is 0 Å². The number of carbonyl (C=O) groups is 1. The number of ketones is 1. The summed E-state index contributed by atoms with van der Waals surface area (Å²) in [6, 6.07) is 3.55. The first-order chi connectivity index (χ1) is 7.70. The highest BCUT2D eigenvalue weighted by atomic mass is 79.9. The topological polar surface area (TPSA) is 30.2 Å². The summed E-state index contributed by atoms with van der Waals surface area (Å²) in [6.07, 6.45) is 5.70. The number of halogens is 1. The van der Waals surface area contributed by atoms with Gasteiger partial charge in [-0.1, -0.05) is 26.2 Å². The molecule has 0 radical (unpaired) electrons. The van der Waals surface area contributed by atoms with Crippen LogP contribution in [-0.4, -0.2) is 5.78 Å². The largest absolute Gasteiger partial charge is 0.446 e. The molecule has 1 fully saturated rings. The van der Waals surface area contributed by atoms with Crippen molar-refractivity contribution in [1.29, 1.82) is 0 Å². The van der Waals surface area contributed by atoms with Crippen molar-refractivity contribution < 1.29 is 9.21 Å². The zero-order valence-electron chi connectivity index (χ0n) is 9.54. The third-order valence-electron chi connectivity index (χ3n) is 3.55. The Morgan fingerprint density at radius 1 is 1.50 bits per heavy atom. The molecule has 0 spiro atoms. The molecule has 2 rings (SSSR count). The molecule has 0 bridgehead atoms. The number of hydrogen-bond acceptors (Lipinski definition) is 2. The van der Waals surface area contributed by atoms with E-state index >= 15 is 0 Å². The molecule has 2 unspecified atom stereocenters. The maximum atomic E-state index is 12.2. The van der Waals surface area contributed by atoms with Gasteiger partial charge in [-0.2, -0.15) is 0 Å². The summed E-state index contributed by atoms with van der Waals surface area (Å²) < 4.78 is 5.97. The van der Waals surface area contributed by atoms with Crippen molar-refractivity contribution in [1.82, 2.24) is 0 Å². The molecule has 3 heteroatoms. The molecule has 16 heavy (non-hydrogen) atoms. The van der Waals surface area contributed by atoms with Gasteiger partial charge in [0.15, 0.2) is 10.4 Å². The zero-order chi connectivity index (χ0) is 11.5. The van der Waals surface area contributed by atoms with Gasteiger partial charge in [-0.05, 0) is 46.8 Å². The Hall–Kier alpha value is -0.570. The van der Waals surface area contributed by atoms with Crippen LogP contribution in [0.5, 0.6) is 0 Å². The van der Waals surface area contributed by atoms with Crippen molar-refractivity contribution in [3.05, 3.63) is 22.6 Å². The number of Topliss-reactive ketones (excluding diaryl/α,β-unsaturated/α-hetero) is 1. The molecule has 2 atom stereocenters. The Labute approximate surface area is 105 Å². The highest BCUT2D eigenvalue weighted by molar-refractivity contribution is 9.10. The summed E-state index contributed by atoms with van der Waals surface area (Å²) in [5, 5.41) is 0. The van der Waals surface area contributed by atoms with Crippen LogP contribution in [0.25, 0.3) is 0 Å². The molecule has 88 valence electrons. The predicted octanol–water partition coefficient (Wildman–Crippen LogP) is 4.44. The van der Waals surface area contributed by atoms with Crippen LogP contribution in [-0.2, 0) is 0 Å². The average molecular weight is 285 g/mol. The lowest BCUT2D eigenvalue weighted by molar-refractivity contribution is 0.0831. The summed E-state index contributed by atoms with van der Waals surface area (Å²) in [5.74, 6) is 1.59. The SMILES string of the molecule is CCC1CCCC(C(=O)c2ccc(Br)o2)C1. The fourth-order valence-electron chi connectivity index (χ4n) is 2.55. The summed E-state index contributed by atoms with van der Waals surface area (Å²) in [5.41, 5.74) is 0. The molecule has 2 nitrogen and oxygen atoms in total. The smallest absolute Gasteiger partial charge is 0.201 e. The van der Waals surface area contributed by atoms with Crippen molar-refractivity contribution >= 4 is 21.7 Å². The van der Waals surface area contributed by atoms with E-state index in [-0.39, 0.29) is 11.7 Å². The highest BCUT2D eigenvalue weighted by Gasteiger charge is 2.28. The van der Waals surface area contributed by atoms with Crippen LogP contribution in [0.2, 0.25) is 0 Å². The summed E-state index contributed by atoms with van der Waals surface area (Å²) in [6.45, 7) is 2.21. The molecule has 0 amide bonds. The molecular formula is C13H17BrO2. The Kier molecular flexibility index (Phi) is 3.85. The van der Waals surface area contributed by atoms with Crippen molar-refractivity contribution in [2.45, 2.75) is 39.0 Å². The lowest BCUT2D eigenvalue weighted by Gasteiger charge is -2.26. The second-order valence-electron chi connectivity index (χ2n) is 4.61. The Morgan fingerprint density at radius 2 is 2.31 bits per heavy atom. The summed E-state index contributed by atoms with van der Waals surface area (Å²) in [7, 11) is 0. The first-order valence-corrected chi connectivity index (χ1v) is 6.79. The van der Waals surface area contributed by atoms with Gasteiger partial charge in [0.05, 0.1) is 0 Å². The Bertz CT molecular complexity index is 370. The lowest BCUT2D eigenvalue weighted by Crippen LogP contribution is -2.22. The van der Waals surface area contributed by atoms with Crippen LogP contribution in [0.15, 0.2) is 21.2 Å². The fraction of sp³-hybridized carbons (Fsp3) is 0.615. The number of rotatable bonds is 3. The monoisotopic (exact) mass is 284 g/mol. The van der Waals surface area contributed by atoms with Gasteiger partial charge in [0.2, 0.25) is 5.78 Å². The highest BCUT2D eigenvalue weighted by Crippen LogP contribution is 2.33. The van der Waals surface area contributed by atoms with Gasteiger partial charge in [0.25, 0.3) is 0 Å². The van der Waals surface area contributed by atoms with Crippen LogP contribution in [0, 0.1) is 11.8 Å². The van der Waals surface area contributed by atoms with Gasteiger partial charge in [-0.3, -0.25) is 4.79 Å². The first-order valence-electron chi connectivity index (χ1n) is 6.00. The molecule has 1 heterocycles. The van der Waals surface area contributed by atoms with E-state index < -0.39 is 0 Å². The minimum Gasteiger partial charge on any atom is -0.446 e. The Morgan fingerprint density at radius 3 is 2.94 bits per heavy atom. The first kappa shape index (κ1) is 11.9. The van der Waals surface area contributed by atoms with Crippen molar-refractivity contribution in [2.75, 3.05) is 0 Å². The quantitative estimate of drug-likeness (QED) is 0.768. The molecule has 1 aromatic rings. The predicted molar refractivity (Wildman–Crippen MR) is 66.5 cm³/mol. The van der Waals surface area contributed by atoms with E-state index in [1.165, 1.54) is 19.3 Å². The average Bonchev–Trinajstić information content (AvgIpc) is 2.75. The van der Waals surface area contributed by atoms with E-state index in [2.05, 4.69) is 22.9 Å². The minimum absolute atomic E-state index is 0.178. The zero-order valence-corrected chi connectivity index (χ0v) is 11.1. The fourth-order valence-corrected chi connectivity index (χ4v) is 2.85. The maximum Gasteiger partial charge on any atom is 0.201 e. The molecule has 1 aliphatic carbocycles. The lowest BCUT2D eigenvalue weighted by atomic mass is 9.78. The molecule has 0 aliphatic heterocycles. The third kappa shape index (κ3) is 2.57. The number of hydrogen-bond donors (Lipinski definition) is 0. The number of furan rings is 1. The van der Waals surface area contributed by atoms with Gasteiger partial charge in [0, 0.05) is 5.92 Å². The standard InChI is InChI=1S/C13H17BrO2/c1-2-9-4-3-5-10(8-9)13(15)11-6-7-12(14)16-11/h6-7,9-10H,2-5,8H2,1H3. The van der Waals surface area contributed by atoms with Crippen LogP contribution in [0.4, 0.5) is 0 Å². The summed E-state index contributed by atoms with van der Waals surface area (Å²) >= 11 is 3.23. The van der Waals surface area contributed by atoms with Crippen LogP contribution in [0.3, 0.4) is 0 Å². The van der Waals surface area contributed by atoms with Gasteiger partial charge in [0.1, 0.15) is 0 Å². The molecule has 1 aromatic heterocycles. The number of carbonyl (C=O) groups excluding carboxylic acids is 1. The summed E-state index contributed by atoms with van der Waals surface area (Å²) in [4.78, 5) is 12.2. The minimum atomic E-state index is 0.178. The molecular weight excluding hydrogens is 268 g/mol. The third-order valence-corrected chi connectivity index (χ3v) is 3.97. The Balaban J connectivity index is 2.04. The van der Waals surface area contributed by atoms with E-state index in [9.17, 15) is 4.79 Å². The molecule has 0 aromatic carbocycles. The van der Waals surface area contributed by atoms with Crippen molar-refractivity contribution in [3.8, 4) is 0 Å². The molecule has 1 aliphatic rings. The van der Waals surface area contributed by atoms with Gasteiger partial charge in [-0.25, -0.2) is 0 Å². The van der Waals surface area contributed by atoms with Gasteiger partial charge >= 0.3 is 0 Å². The molecule has 1 saturated carbocycles. The van der Waals surface area contributed by atoms with Gasteiger partial charge in [-0.15, -0.1) is 0 Å². The van der Waals surface area contributed by atoms with Crippen LogP contribution >= 0.6 is 15.9 Å². The van der Waals surface area contributed by atoms with E-state index in [0.29, 0.717) is 10.4 Å². The molecule has 0 N–H and O–H groups in total. The van der Waals surface area contributed by atoms with Gasteiger partial charge < -0.3 is 4.42 Å². The molecule has 0 saturated heterocycles. The van der Waals surface area contributed by atoms with Crippen molar-refractivity contribution in [3.63, 3.8) is 0 Å². The van der Waals surface area contributed by atoms with Crippen LogP contribution in [0.1, 0.15) is 49.6 Å². The maximum absolute atomic E-state index is 12.2. The van der Waals surface area contributed by atoms with Crippen LogP contribution < -0.4 is 0 Å². The van der Waals surface area contributed by atoms with Crippen molar-refractivity contribution in [2.24, 2.45) is 11.8 Å². The van der Waals surface area contributed by atoms with E-state index in [4.69, 9.17) is 4.42 Å². The normalized spacial score (nSPS) is 25.6. The second kappa shape index (κ2) is 5.17. The second-order valence-corrected chi connectivity index (χ2v) is 5.39. The van der Waals surface area contributed by atoms with E-state index in [0.717, 1.165) is 18.8 Å². The van der Waals surface area contributed by atoms with E-state index in [1.54, 1.807) is 12.1 Å².